The van der Waals surface area contributed by atoms with E-state index in [0.29, 0.717) is 23.6 Å². The van der Waals surface area contributed by atoms with E-state index in [1.54, 1.807) is 12.1 Å². The van der Waals surface area contributed by atoms with Gasteiger partial charge in [0, 0.05) is 23.4 Å². The number of nitrogens with zero attached hydrogens (tertiary/aromatic N) is 2. The maximum absolute atomic E-state index is 12.3. The van der Waals surface area contributed by atoms with E-state index >= 15 is 0 Å². The molecule has 0 atom stereocenters. The Bertz CT molecular complexity index is 1230. The number of anilines is 1. The highest BCUT2D eigenvalue weighted by Crippen LogP contribution is 2.45. The van der Waals surface area contributed by atoms with E-state index in [9.17, 15) is 9.90 Å². The van der Waals surface area contributed by atoms with Gasteiger partial charge in [0.2, 0.25) is 0 Å². The van der Waals surface area contributed by atoms with Crippen molar-refractivity contribution in [1.29, 1.82) is 0 Å². The summed E-state index contributed by atoms with van der Waals surface area (Å²) in [5.74, 6) is 0.242. The van der Waals surface area contributed by atoms with Crippen LogP contribution in [0.2, 0.25) is 10.0 Å². The first kappa shape index (κ1) is 23.4. The molecule has 0 spiro atoms. The second-order valence-corrected chi connectivity index (χ2v) is 10.6. The number of carbonyl (C=O) groups excluding carboxylic acids is 1. The van der Waals surface area contributed by atoms with E-state index < -0.39 is 0 Å². The summed E-state index contributed by atoms with van der Waals surface area (Å²) in [5, 5.41) is 15.0. The molecule has 7 heteroatoms. The van der Waals surface area contributed by atoms with Crippen LogP contribution in [-0.2, 0) is 0 Å². The number of carbonyl (C=O) groups is 1. The van der Waals surface area contributed by atoms with Gasteiger partial charge in [0.15, 0.2) is 12.0 Å². The van der Waals surface area contributed by atoms with Crippen LogP contribution in [-0.4, -0.2) is 47.5 Å². The van der Waals surface area contributed by atoms with Crippen molar-refractivity contribution in [1.82, 2.24) is 9.88 Å². The summed E-state index contributed by atoms with van der Waals surface area (Å²) in [6.07, 6.45) is 7.52. The highest BCUT2D eigenvalue weighted by Gasteiger charge is 2.31. The Morgan fingerprint density at radius 3 is 2.26 bits per heavy atom. The molecule has 2 aromatic carbocycles. The molecular weight excluding hydrogens is 469 g/mol. The van der Waals surface area contributed by atoms with Crippen molar-refractivity contribution in [3.63, 3.8) is 0 Å². The standard InChI is InChI=1S/C27H29Cl2N3O2/c1-32(2)19-8-6-18(7-9-19)30-26-20-11-16(17-12-22(28)27(34)23(29)13-17)5-10-24(20)31-25(15-3-4-15)21(26)14-33/h5,10-15,18-19,34H,3-4,6-9H2,1-2H3,(H,30,31). The minimum absolute atomic E-state index is 0.123. The zero-order valence-corrected chi connectivity index (χ0v) is 21.0. The van der Waals surface area contributed by atoms with Crippen molar-refractivity contribution in [2.45, 2.75) is 56.5 Å². The van der Waals surface area contributed by atoms with Gasteiger partial charge in [-0.15, -0.1) is 0 Å². The van der Waals surface area contributed by atoms with Crippen molar-refractivity contribution < 1.29 is 9.90 Å². The quantitative estimate of drug-likeness (QED) is 0.363. The van der Waals surface area contributed by atoms with Gasteiger partial charge in [-0.3, -0.25) is 9.78 Å². The summed E-state index contributed by atoms with van der Waals surface area (Å²) in [4.78, 5) is 19.6. The monoisotopic (exact) mass is 497 g/mol. The maximum Gasteiger partial charge on any atom is 0.154 e. The van der Waals surface area contributed by atoms with Gasteiger partial charge in [0.25, 0.3) is 0 Å². The van der Waals surface area contributed by atoms with Crippen LogP contribution >= 0.6 is 23.2 Å². The molecule has 1 heterocycles. The molecule has 2 N–H and O–H groups in total. The summed E-state index contributed by atoms with van der Waals surface area (Å²) in [7, 11) is 4.29. The van der Waals surface area contributed by atoms with Crippen LogP contribution in [0.3, 0.4) is 0 Å². The van der Waals surface area contributed by atoms with Crippen LogP contribution in [0.5, 0.6) is 5.75 Å². The fourth-order valence-corrected chi connectivity index (χ4v) is 5.58. The predicted molar refractivity (Wildman–Crippen MR) is 140 cm³/mol. The van der Waals surface area contributed by atoms with Crippen molar-refractivity contribution >= 4 is 46.1 Å². The Hall–Kier alpha value is -2.34. The van der Waals surface area contributed by atoms with Gasteiger partial charge < -0.3 is 15.3 Å². The molecule has 0 radical (unpaired) electrons. The zero-order chi connectivity index (χ0) is 24.0. The lowest BCUT2D eigenvalue weighted by Crippen LogP contribution is -2.36. The Morgan fingerprint density at radius 2 is 1.68 bits per heavy atom. The van der Waals surface area contributed by atoms with Crippen LogP contribution in [0, 0.1) is 0 Å². The van der Waals surface area contributed by atoms with Gasteiger partial charge in [-0.1, -0.05) is 29.3 Å². The van der Waals surface area contributed by atoms with Crippen molar-refractivity contribution in [2.24, 2.45) is 0 Å². The lowest BCUT2D eigenvalue weighted by Gasteiger charge is -2.34. The number of rotatable bonds is 6. The number of aromatic hydroxyl groups is 1. The summed E-state index contributed by atoms with van der Waals surface area (Å²) in [5.41, 5.74) is 5.04. The molecule has 2 saturated carbocycles. The van der Waals surface area contributed by atoms with E-state index in [0.717, 1.165) is 78.2 Å². The van der Waals surface area contributed by atoms with Gasteiger partial charge in [0.1, 0.15) is 0 Å². The molecule has 0 aliphatic heterocycles. The van der Waals surface area contributed by atoms with Crippen LogP contribution in [0.1, 0.15) is 60.5 Å². The molecule has 2 fully saturated rings. The molecule has 178 valence electrons. The topological polar surface area (TPSA) is 65.5 Å². The number of pyridine rings is 1. The van der Waals surface area contributed by atoms with Crippen LogP contribution in [0.4, 0.5) is 5.69 Å². The van der Waals surface area contributed by atoms with Gasteiger partial charge in [-0.25, -0.2) is 0 Å². The van der Waals surface area contributed by atoms with Crippen molar-refractivity contribution in [3.05, 3.63) is 51.6 Å². The first-order chi connectivity index (χ1) is 16.4. The number of hydrogen-bond donors (Lipinski definition) is 2. The molecule has 0 unspecified atom stereocenters. The Morgan fingerprint density at radius 1 is 1.00 bits per heavy atom. The average molecular weight is 498 g/mol. The molecule has 2 aliphatic rings. The Kier molecular flexibility index (Phi) is 6.45. The Labute approximate surface area is 210 Å². The number of fused-ring (bicyclic) bond motifs is 1. The number of aromatic nitrogens is 1. The number of benzene rings is 2. The molecule has 2 aliphatic carbocycles. The number of phenols is 1. The molecule has 0 bridgehead atoms. The van der Waals surface area contributed by atoms with E-state index in [2.05, 4.69) is 24.3 Å². The van der Waals surface area contributed by atoms with Crippen molar-refractivity contribution in [2.75, 3.05) is 19.4 Å². The van der Waals surface area contributed by atoms with Gasteiger partial charge in [0.05, 0.1) is 32.5 Å². The first-order valence-electron chi connectivity index (χ1n) is 11.9. The molecular formula is C27H29Cl2N3O2. The average Bonchev–Trinajstić information content (AvgIpc) is 3.67. The predicted octanol–water partition coefficient (Wildman–Crippen LogP) is 6.89. The summed E-state index contributed by atoms with van der Waals surface area (Å²) in [6.45, 7) is 0. The lowest BCUT2D eigenvalue weighted by atomic mass is 9.89. The molecule has 5 rings (SSSR count). The summed E-state index contributed by atoms with van der Waals surface area (Å²) < 4.78 is 0. The van der Waals surface area contributed by atoms with Gasteiger partial charge in [-0.05, 0) is 88.0 Å². The first-order valence-corrected chi connectivity index (χ1v) is 12.7. The Balaban J connectivity index is 1.59. The van der Waals surface area contributed by atoms with E-state index in [4.69, 9.17) is 28.2 Å². The highest BCUT2D eigenvalue weighted by atomic mass is 35.5. The number of hydrogen-bond acceptors (Lipinski definition) is 5. The van der Waals surface area contributed by atoms with Crippen molar-refractivity contribution in [3.8, 4) is 16.9 Å². The second-order valence-electron chi connectivity index (χ2n) is 9.81. The van der Waals surface area contributed by atoms with E-state index in [-0.39, 0.29) is 15.8 Å². The molecule has 5 nitrogen and oxygen atoms in total. The summed E-state index contributed by atoms with van der Waals surface area (Å²) in [6, 6.07) is 10.3. The molecule has 0 saturated heterocycles. The lowest BCUT2D eigenvalue weighted by molar-refractivity contribution is 0.112. The largest absolute Gasteiger partial charge is 0.505 e. The molecule has 3 aromatic rings. The van der Waals surface area contributed by atoms with E-state index in [1.165, 1.54) is 0 Å². The summed E-state index contributed by atoms with van der Waals surface area (Å²) >= 11 is 12.4. The molecule has 0 amide bonds. The van der Waals surface area contributed by atoms with Gasteiger partial charge >= 0.3 is 0 Å². The van der Waals surface area contributed by atoms with Crippen LogP contribution in [0.15, 0.2) is 30.3 Å². The third kappa shape index (κ3) is 4.49. The minimum atomic E-state index is -0.123. The maximum atomic E-state index is 12.3. The number of phenolic OH excluding ortho intramolecular Hbond substituents is 1. The molecule has 1 aromatic heterocycles. The fourth-order valence-electron chi connectivity index (χ4n) is 5.09. The smallest absolute Gasteiger partial charge is 0.154 e. The number of aldehydes is 1. The third-order valence-electron chi connectivity index (χ3n) is 7.26. The zero-order valence-electron chi connectivity index (χ0n) is 19.4. The van der Waals surface area contributed by atoms with Crippen LogP contribution < -0.4 is 5.32 Å². The van der Waals surface area contributed by atoms with Gasteiger partial charge in [-0.2, -0.15) is 0 Å². The minimum Gasteiger partial charge on any atom is -0.505 e. The number of halogens is 2. The van der Waals surface area contributed by atoms with Crippen LogP contribution in [0.25, 0.3) is 22.0 Å². The second kappa shape index (κ2) is 9.37. The fraction of sp³-hybridized carbons (Fsp3) is 0.407. The third-order valence-corrected chi connectivity index (χ3v) is 7.84. The number of nitrogens with one attached hydrogen (secondary N) is 1. The molecule has 34 heavy (non-hydrogen) atoms. The normalized spacial score (nSPS) is 20.6. The SMILES string of the molecule is CN(C)C1CCC(Nc2c(C=O)c(C3CC3)nc3ccc(-c4cc(Cl)c(O)c(Cl)c4)cc23)CC1. The van der Waals surface area contributed by atoms with E-state index in [1.807, 2.05) is 18.2 Å². The highest BCUT2D eigenvalue weighted by molar-refractivity contribution is 6.37.